The van der Waals surface area contributed by atoms with Crippen molar-refractivity contribution in [1.29, 1.82) is 0 Å². The molecule has 6 N–H and O–H groups in total. The minimum absolute atomic E-state index is 0.130. The molecule has 12 heteroatoms. The highest BCUT2D eigenvalue weighted by molar-refractivity contribution is 5.97. The van der Waals surface area contributed by atoms with Gasteiger partial charge >= 0.3 is 0 Å². The molecule has 6 atom stereocenters. The van der Waals surface area contributed by atoms with E-state index < -0.39 is 60.0 Å². The predicted octanol–water partition coefficient (Wildman–Crippen LogP) is 2.86. The number of hydrogen-bond donors (Lipinski definition) is 6. The number of aliphatic hydroxyl groups is 2. The van der Waals surface area contributed by atoms with Crippen LogP contribution in [-0.4, -0.2) is 80.2 Å². The highest BCUT2D eigenvalue weighted by Crippen LogP contribution is 2.17. The summed E-state index contributed by atoms with van der Waals surface area (Å²) in [7, 11) is 0. The molecule has 0 spiro atoms. The number of hydrogen-bond acceptors (Lipinski definition) is 8. The normalized spacial score (nSPS) is 14.7. The SMILES string of the molecule is CC(C)[C@H](NC(=O)c1ccccn1)C(=O)N[C@@H](Cc1ccccc1)[C@H](O)[C@H](O)[C@H](Cc1ccccc1)NC(=O)[C@@H](NC(=O)c1ccccn1)C(C)C. The Hall–Kier alpha value is -5.46. The zero-order valence-corrected chi connectivity index (χ0v) is 29.8. The van der Waals surface area contributed by atoms with Gasteiger partial charge in [-0.3, -0.25) is 29.1 Å². The summed E-state index contributed by atoms with van der Waals surface area (Å²) >= 11 is 0. The summed E-state index contributed by atoms with van der Waals surface area (Å²) in [6.45, 7) is 7.13. The van der Waals surface area contributed by atoms with E-state index in [1.54, 1.807) is 52.0 Å². The van der Waals surface area contributed by atoms with E-state index in [2.05, 4.69) is 31.2 Å². The lowest BCUT2D eigenvalue weighted by Gasteiger charge is -2.35. The fourth-order valence-corrected chi connectivity index (χ4v) is 5.77. The van der Waals surface area contributed by atoms with E-state index in [1.807, 2.05) is 60.7 Å². The standard InChI is InChI=1S/C40H48N6O6/c1-25(2)33(45-37(49)29-19-11-13-21-41-29)39(51)43-31(23-27-15-7-5-8-16-27)35(47)36(48)32(24-28-17-9-6-10-18-28)44-40(52)34(26(3)4)46-38(50)30-20-12-14-22-42-30/h5-22,25-26,31-36,47-48H,23-24H2,1-4H3,(H,43,51)(H,44,52)(H,45,49)(H,46,50)/t31-,32-,33-,34-,35-,36+/m0/s1. The fourth-order valence-electron chi connectivity index (χ4n) is 5.77. The van der Waals surface area contributed by atoms with E-state index >= 15 is 0 Å². The average Bonchev–Trinajstić information content (AvgIpc) is 3.15. The highest BCUT2D eigenvalue weighted by Gasteiger charge is 2.37. The molecule has 0 fully saturated rings. The molecule has 4 amide bonds. The van der Waals surface area contributed by atoms with Crippen molar-refractivity contribution in [2.75, 3.05) is 0 Å². The van der Waals surface area contributed by atoms with Crippen molar-refractivity contribution in [3.63, 3.8) is 0 Å². The third-order valence-corrected chi connectivity index (χ3v) is 8.69. The van der Waals surface area contributed by atoms with Crippen molar-refractivity contribution in [1.82, 2.24) is 31.2 Å². The molecule has 0 saturated heterocycles. The third kappa shape index (κ3) is 11.3. The molecule has 0 radical (unpaired) electrons. The number of amides is 4. The lowest BCUT2D eigenvalue weighted by atomic mass is 9.90. The Morgan fingerprint density at radius 2 is 0.865 bits per heavy atom. The van der Waals surface area contributed by atoms with Gasteiger partial charge in [0.1, 0.15) is 35.7 Å². The number of nitrogens with zero attached hydrogens (tertiary/aromatic N) is 2. The lowest BCUT2D eigenvalue weighted by Crippen LogP contribution is -2.61. The molecule has 4 rings (SSSR count). The second kappa shape index (κ2) is 19.2. The van der Waals surface area contributed by atoms with Gasteiger partial charge in [0.2, 0.25) is 11.8 Å². The fraction of sp³-hybridized carbons (Fsp3) is 0.350. The first-order valence-electron chi connectivity index (χ1n) is 17.4. The summed E-state index contributed by atoms with van der Waals surface area (Å²) in [5.41, 5.74) is 1.84. The summed E-state index contributed by atoms with van der Waals surface area (Å²) in [4.78, 5) is 61.8. The van der Waals surface area contributed by atoms with Crippen LogP contribution in [0.5, 0.6) is 0 Å². The summed E-state index contributed by atoms with van der Waals surface area (Å²) in [6.07, 6.45) is 0.0520. The third-order valence-electron chi connectivity index (χ3n) is 8.69. The molecule has 0 bridgehead atoms. The summed E-state index contributed by atoms with van der Waals surface area (Å²) in [6, 6.07) is 24.0. The molecular weight excluding hydrogens is 660 g/mol. The summed E-state index contributed by atoms with van der Waals surface area (Å²) in [5, 5.41) is 35.0. The van der Waals surface area contributed by atoms with Gasteiger partial charge in [0.15, 0.2) is 0 Å². The maximum absolute atomic E-state index is 13.8. The minimum Gasteiger partial charge on any atom is -0.388 e. The first kappa shape index (κ1) is 39.3. The minimum atomic E-state index is -1.59. The van der Waals surface area contributed by atoms with Gasteiger partial charge in [0.25, 0.3) is 11.8 Å². The first-order valence-corrected chi connectivity index (χ1v) is 17.4. The van der Waals surface area contributed by atoms with Gasteiger partial charge in [-0.05, 0) is 60.1 Å². The Balaban J connectivity index is 1.60. The van der Waals surface area contributed by atoms with Crippen LogP contribution in [0.4, 0.5) is 0 Å². The molecule has 0 aliphatic rings. The van der Waals surface area contributed by atoms with Crippen LogP contribution in [0.1, 0.15) is 59.8 Å². The smallest absolute Gasteiger partial charge is 0.270 e. The first-order chi connectivity index (χ1) is 24.9. The molecule has 0 aliphatic carbocycles. The molecule has 0 aliphatic heterocycles. The summed E-state index contributed by atoms with van der Waals surface area (Å²) in [5.74, 6) is -2.87. The van der Waals surface area contributed by atoms with Crippen molar-refractivity contribution >= 4 is 23.6 Å². The molecule has 0 unspecified atom stereocenters. The van der Waals surface area contributed by atoms with Crippen molar-refractivity contribution in [2.45, 2.75) is 76.9 Å². The van der Waals surface area contributed by atoms with Crippen LogP contribution >= 0.6 is 0 Å². The Morgan fingerprint density at radius 1 is 0.519 bits per heavy atom. The number of benzene rings is 2. The molecule has 0 saturated carbocycles. The number of pyridine rings is 2. The van der Waals surface area contributed by atoms with Gasteiger partial charge in [-0.1, -0.05) is 100 Å². The van der Waals surface area contributed by atoms with Crippen molar-refractivity contribution in [2.24, 2.45) is 11.8 Å². The van der Waals surface area contributed by atoms with Crippen LogP contribution in [-0.2, 0) is 22.4 Å². The second-order valence-corrected chi connectivity index (χ2v) is 13.4. The predicted molar refractivity (Wildman–Crippen MR) is 197 cm³/mol. The van der Waals surface area contributed by atoms with Crippen LogP contribution < -0.4 is 21.3 Å². The molecule has 2 aromatic carbocycles. The quantitative estimate of drug-likeness (QED) is 0.0968. The maximum Gasteiger partial charge on any atom is 0.270 e. The molecule has 52 heavy (non-hydrogen) atoms. The van der Waals surface area contributed by atoms with Gasteiger partial charge in [0, 0.05) is 12.4 Å². The van der Waals surface area contributed by atoms with Gasteiger partial charge in [-0.15, -0.1) is 0 Å². The molecule has 2 aromatic heterocycles. The van der Waals surface area contributed by atoms with E-state index in [9.17, 15) is 29.4 Å². The lowest BCUT2D eigenvalue weighted by molar-refractivity contribution is -0.129. The number of aromatic nitrogens is 2. The Labute approximate surface area is 304 Å². The highest BCUT2D eigenvalue weighted by atomic mass is 16.3. The van der Waals surface area contributed by atoms with Gasteiger partial charge in [-0.25, -0.2) is 0 Å². The number of nitrogens with one attached hydrogen (secondary N) is 4. The number of carbonyl (C=O) groups excluding carboxylic acids is 4. The summed E-state index contributed by atoms with van der Waals surface area (Å²) < 4.78 is 0. The van der Waals surface area contributed by atoms with Gasteiger partial charge in [-0.2, -0.15) is 0 Å². The van der Waals surface area contributed by atoms with Gasteiger partial charge < -0.3 is 31.5 Å². The zero-order valence-electron chi connectivity index (χ0n) is 29.8. The molecule has 274 valence electrons. The van der Waals surface area contributed by atoms with E-state index in [0.29, 0.717) is 0 Å². The zero-order chi connectivity index (χ0) is 37.6. The van der Waals surface area contributed by atoms with Crippen LogP contribution in [0.3, 0.4) is 0 Å². The number of carbonyl (C=O) groups is 4. The van der Waals surface area contributed by atoms with Crippen LogP contribution in [0.15, 0.2) is 109 Å². The topological polar surface area (TPSA) is 183 Å². The largest absolute Gasteiger partial charge is 0.388 e. The molecule has 4 aromatic rings. The second-order valence-electron chi connectivity index (χ2n) is 13.4. The monoisotopic (exact) mass is 708 g/mol. The Kier molecular flexibility index (Phi) is 14.5. The van der Waals surface area contributed by atoms with Crippen molar-refractivity contribution < 1.29 is 29.4 Å². The molecular formula is C40H48N6O6. The van der Waals surface area contributed by atoms with E-state index in [0.717, 1.165) is 11.1 Å². The van der Waals surface area contributed by atoms with Crippen molar-refractivity contribution in [3.05, 3.63) is 132 Å². The maximum atomic E-state index is 13.8. The van der Waals surface area contributed by atoms with E-state index in [-0.39, 0.29) is 36.1 Å². The van der Waals surface area contributed by atoms with Gasteiger partial charge in [0.05, 0.1) is 12.1 Å². The van der Waals surface area contributed by atoms with Crippen LogP contribution in [0.25, 0.3) is 0 Å². The number of rotatable bonds is 17. The van der Waals surface area contributed by atoms with Crippen molar-refractivity contribution in [3.8, 4) is 0 Å². The van der Waals surface area contributed by atoms with E-state index in [1.165, 1.54) is 24.5 Å². The van der Waals surface area contributed by atoms with E-state index in [4.69, 9.17) is 0 Å². The Bertz CT molecular complexity index is 1600. The molecule has 12 nitrogen and oxygen atoms in total. The van der Waals surface area contributed by atoms with Crippen LogP contribution in [0.2, 0.25) is 0 Å². The molecule has 2 heterocycles. The average molecular weight is 709 g/mol. The Morgan fingerprint density at radius 3 is 1.17 bits per heavy atom. The van der Waals surface area contributed by atoms with Crippen LogP contribution in [0, 0.1) is 11.8 Å². The number of aliphatic hydroxyl groups excluding tert-OH is 2.